The zero-order chi connectivity index (χ0) is 14.5. The summed E-state index contributed by atoms with van der Waals surface area (Å²) >= 11 is 0. The molecule has 2 heterocycles. The second kappa shape index (κ2) is 6.98. The highest BCUT2D eigenvalue weighted by Gasteiger charge is 2.45. The second-order valence-corrected chi connectivity index (χ2v) is 4.51. The molecule has 0 aromatic rings. The molecule has 8 heteroatoms. The van der Waals surface area contributed by atoms with Crippen LogP contribution in [0.2, 0.25) is 0 Å². The van der Waals surface area contributed by atoms with Crippen LogP contribution in [0.4, 0.5) is 0 Å². The first-order chi connectivity index (χ1) is 9.58. The summed E-state index contributed by atoms with van der Waals surface area (Å²) in [6, 6.07) is 0. The van der Waals surface area contributed by atoms with Gasteiger partial charge < -0.3 is 28.4 Å². The summed E-state index contributed by atoms with van der Waals surface area (Å²) < 4.78 is 31.6. The van der Waals surface area contributed by atoms with Crippen LogP contribution < -0.4 is 0 Å². The molecule has 0 amide bonds. The van der Waals surface area contributed by atoms with E-state index in [0.29, 0.717) is 0 Å². The molecule has 0 bridgehead atoms. The van der Waals surface area contributed by atoms with Gasteiger partial charge in [-0.2, -0.15) is 0 Å². The number of carbonyl (C=O) groups is 2. The Morgan fingerprint density at radius 3 is 1.60 bits per heavy atom. The average Bonchev–Trinajstić information content (AvgIpc) is 2.42. The van der Waals surface area contributed by atoms with E-state index in [4.69, 9.17) is 28.4 Å². The van der Waals surface area contributed by atoms with Crippen LogP contribution in [0.15, 0.2) is 0 Å². The lowest BCUT2D eigenvalue weighted by Crippen LogP contribution is -2.59. The van der Waals surface area contributed by atoms with Crippen LogP contribution in [-0.4, -0.2) is 63.2 Å². The third-order valence-electron chi connectivity index (χ3n) is 3.04. The molecule has 0 aliphatic carbocycles. The van der Waals surface area contributed by atoms with Crippen LogP contribution in [0, 0.1) is 0 Å². The average molecular weight is 290 g/mol. The maximum absolute atomic E-state index is 10.9. The minimum atomic E-state index is -0.433. The molecule has 20 heavy (non-hydrogen) atoms. The van der Waals surface area contributed by atoms with Gasteiger partial charge in [0.15, 0.2) is 0 Å². The Hall–Kier alpha value is -1.22. The zero-order valence-corrected chi connectivity index (χ0v) is 11.4. The lowest BCUT2D eigenvalue weighted by atomic mass is 10.0. The van der Waals surface area contributed by atoms with Crippen molar-refractivity contribution in [2.24, 2.45) is 0 Å². The summed E-state index contributed by atoms with van der Waals surface area (Å²) in [5, 5.41) is 0. The van der Waals surface area contributed by atoms with E-state index in [1.165, 1.54) is 13.8 Å². The van der Waals surface area contributed by atoms with Crippen molar-refractivity contribution < 1.29 is 38.0 Å². The Labute approximate surface area is 116 Å². The summed E-state index contributed by atoms with van der Waals surface area (Å²) in [5.41, 5.74) is 0. The lowest BCUT2D eigenvalue weighted by molar-refractivity contribution is -0.329. The van der Waals surface area contributed by atoms with Crippen molar-refractivity contribution in [2.75, 3.05) is 26.8 Å². The van der Waals surface area contributed by atoms with Crippen molar-refractivity contribution >= 4 is 11.9 Å². The molecule has 8 nitrogen and oxygen atoms in total. The van der Waals surface area contributed by atoms with Gasteiger partial charge in [-0.1, -0.05) is 0 Å². The molecular formula is C12H18O8. The van der Waals surface area contributed by atoms with Crippen molar-refractivity contribution in [3.63, 3.8) is 0 Å². The van der Waals surface area contributed by atoms with Gasteiger partial charge in [-0.25, -0.2) is 0 Å². The minimum absolute atomic E-state index is 0.0381. The van der Waals surface area contributed by atoms with E-state index in [2.05, 4.69) is 0 Å². The molecule has 2 rings (SSSR count). The maximum atomic E-state index is 10.9. The predicted molar refractivity (Wildman–Crippen MR) is 62.5 cm³/mol. The van der Waals surface area contributed by atoms with E-state index in [1.54, 1.807) is 0 Å². The zero-order valence-electron chi connectivity index (χ0n) is 11.4. The Morgan fingerprint density at radius 2 is 1.25 bits per heavy atom. The van der Waals surface area contributed by atoms with Crippen molar-refractivity contribution in [1.29, 1.82) is 0 Å². The van der Waals surface area contributed by atoms with Crippen molar-refractivity contribution in [1.82, 2.24) is 0 Å². The highest BCUT2D eigenvalue weighted by Crippen LogP contribution is 2.26. The van der Waals surface area contributed by atoms with Gasteiger partial charge in [0.05, 0.1) is 0 Å². The van der Waals surface area contributed by atoms with Crippen molar-refractivity contribution in [3.8, 4) is 0 Å². The molecule has 2 aliphatic heterocycles. The standard InChI is InChI=1S/C12H18O8/c1-7(13)15-3-9-11-12(20-5-17-9)10(18-6-19-11)4-16-8(2)14/h9-12H,3-6H2,1-2H3/t9-,10-,11-,12+/m0/s1. The smallest absolute Gasteiger partial charge is 0.302 e. The van der Waals surface area contributed by atoms with Crippen LogP contribution in [0.25, 0.3) is 0 Å². The summed E-state index contributed by atoms with van der Waals surface area (Å²) in [4.78, 5) is 21.7. The number of esters is 2. The quantitative estimate of drug-likeness (QED) is 0.646. The van der Waals surface area contributed by atoms with Crippen LogP contribution in [0.1, 0.15) is 13.8 Å². The minimum Gasteiger partial charge on any atom is -0.463 e. The van der Waals surface area contributed by atoms with E-state index in [0.717, 1.165) is 0 Å². The van der Waals surface area contributed by atoms with Gasteiger partial charge >= 0.3 is 11.9 Å². The molecule has 0 radical (unpaired) electrons. The molecular weight excluding hydrogens is 272 g/mol. The Morgan fingerprint density at radius 1 is 0.850 bits per heavy atom. The van der Waals surface area contributed by atoms with Gasteiger partial charge in [0.2, 0.25) is 0 Å². The van der Waals surface area contributed by atoms with E-state index < -0.39 is 24.4 Å². The number of fused-ring (bicyclic) bond motifs is 1. The molecule has 114 valence electrons. The van der Waals surface area contributed by atoms with Crippen molar-refractivity contribution in [2.45, 2.75) is 38.3 Å². The molecule has 0 aromatic carbocycles. The topological polar surface area (TPSA) is 89.5 Å². The fourth-order valence-corrected chi connectivity index (χ4v) is 2.11. The number of rotatable bonds is 4. The van der Waals surface area contributed by atoms with Gasteiger partial charge in [0.1, 0.15) is 51.2 Å². The van der Waals surface area contributed by atoms with E-state index in [1.807, 2.05) is 0 Å². The van der Waals surface area contributed by atoms with E-state index in [9.17, 15) is 9.59 Å². The lowest BCUT2D eigenvalue weighted by Gasteiger charge is -2.43. The molecule has 0 spiro atoms. The van der Waals surface area contributed by atoms with Crippen molar-refractivity contribution in [3.05, 3.63) is 0 Å². The van der Waals surface area contributed by atoms with Gasteiger partial charge in [-0.15, -0.1) is 0 Å². The predicted octanol–water partition coefficient (Wildman–Crippen LogP) is -0.404. The largest absolute Gasteiger partial charge is 0.463 e. The molecule has 0 aromatic heterocycles. The number of carbonyl (C=O) groups excluding carboxylic acids is 2. The summed E-state index contributed by atoms with van der Waals surface area (Å²) in [7, 11) is 0. The number of hydrogen-bond acceptors (Lipinski definition) is 8. The van der Waals surface area contributed by atoms with Gasteiger partial charge in [0, 0.05) is 13.8 Å². The monoisotopic (exact) mass is 290 g/mol. The van der Waals surface area contributed by atoms with Crippen LogP contribution >= 0.6 is 0 Å². The third-order valence-corrected chi connectivity index (χ3v) is 3.04. The third kappa shape index (κ3) is 3.89. The normalized spacial score (nSPS) is 33.1. The number of hydrogen-bond donors (Lipinski definition) is 0. The highest BCUT2D eigenvalue weighted by atomic mass is 16.8. The van der Waals surface area contributed by atoms with Crippen LogP contribution in [-0.2, 0) is 38.0 Å². The second-order valence-electron chi connectivity index (χ2n) is 4.51. The number of ether oxygens (including phenoxy) is 6. The Balaban J connectivity index is 1.93. The summed E-state index contributed by atoms with van der Waals surface area (Å²) in [6.07, 6.45) is -1.72. The molecule has 2 fully saturated rings. The first kappa shape index (κ1) is 15.2. The van der Waals surface area contributed by atoms with Gasteiger partial charge in [0.25, 0.3) is 0 Å². The molecule has 0 N–H and O–H groups in total. The van der Waals surface area contributed by atoms with E-state index in [-0.39, 0.29) is 38.7 Å². The van der Waals surface area contributed by atoms with Crippen LogP contribution in [0.3, 0.4) is 0 Å². The first-order valence-electron chi connectivity index (χ1n) is 6.31. The first-order valence-corrected chi connectivity index (χ1v) is 6.31. The van der Waals surface area contributed by atoms with E-state index >= 15 is 0 Å². The Kier molecular flexibility index (Phi) is 5.30. The highest BCUT2D eigenvalue weighted by molar-refractivity contribution is 5.66. The fraction of sp³-hybridized carbons (Fsp3) is 0.833. The molecule has 4 atom stereocenters. The van der Waals surface area contributed by atoms with Gasteiger partial charge in [-0.3, -0.25) is 9.59 Å². The van der Waals surface area contributed by atoms with Gasteiger partial charge in [-0.05, 0) is 0 Å². The molecule has 2 saturated heterocycles. The molecule has 2 aliphatic rings. The summed E-state index contributed by atoms with van der Waals surface area (Å²) in [5.74, 6) is -0.777. The maximum Gasteiger partial charge on any atom is 0.302 e. The summed E-state index contributed by atoms with van der Waals surface area (Å²) in [6.45, 7) is 2.89. The molecule has 0 saturated carbocycles. The van der Waals surface area contributed by atoms with Crippen LogP contribution in [0.5, 0.6) is 0 Å². The molecule has 0 unspecified atom stereocenters. The Bertz CT molecular complexity index is 323. The SMILES string of the molecule is CC(=O)OC[C@@H]1OCO[C@H]2[C@H]1OCO[C@H]2COC(C)=O. The fourth-order valence-electron chi connectivity index (χ4n) is 2.11.